The Kier molecular flexibility index (Phi) is 11.2. The van der Waals surface area contributed by atoms with Gasteiger partial charge in [-0.15, -0.1) is 0 Å². The van der Waals surface area contributed by atoms with Crippen LogP contribution in [0.1, 0.15) is 84.8 Å². The third-order valence-corrected chi connectivity index (χ3v) is 7.54. The van der Waals surface area contributed by atoms with E-state index in [0.717, 1.165) is 24.1 Å². The minimum absolute atomic E-state index is 0.121. The molecule has 3 aromatic carbocycles. The van der Waals surface area contributed by atoms with Crippen LogP contribution in [0.5, 0.6) is 0 Å². The van der Waals surface area contributed by atoms with Crippen molar-refractivity contribution in [3.8, 4) is 0 Å². The highest BCUT2D eigenvalue weighted by atomic mass is 16.6. The van der Waals surface area contributed by atoms with Crippen molar-refractivity contribution in [2.45, 2.75) is 71.5 Å². The molecule has 3 N–H and O–H groups in total. The number of hydrogen-bond donors (Lipinski definition) is 3. The summed E-state index contributed by atoms with van der Waals surface area (Å²) in [5.74, 6) is -0.649. The number of carbonyl (C=O) groups excluding carboxylic acids is 3. The topological polar surface area (TPSA) is 99.8 Å². The fourth-order valence-electron chi connectivity index (χ4n) is 4.79. The normalized spacial score (nSPS) is 14.3. The lowest BCUT2D eigenvalue weighted by Gasteiger charge is -2.24. The van der Waals surface area contributed by atoms with Crippen molar-refractivity contribution in [3.05, 3.63) is 101 Å². The lowest BCUT2D eigenvalue weighted by Crippen LogP contribution is -2.39. The summed E-state index contributed by atoms with van der Waals surface area (Å²) in [6.07, 6.45) is 3.27. The number of nitrogens with zero attached hydrogens (tertiary/aromatic N) is 1. The van der Waals surface area contributed by atoms with Crippen molar-refractivity contribution in [2.24, 2.45) is 5.41 Å². The Morgan fingerprint density at radius 2 is 1.48 bits per heavy atom. The minimum atomic E-state index is -0.561. The molecule has 0 saturated heterocycles. The van der Waals surface area contributed by atoms with Crippen LogP contribution >= 0.6 is 0 Å². The van der Waals surface area contributed by atoms with Gasteiger partial charge in [0.25, 0.3) is 11.8 Å². The number of anilines is 1. The minimum Gasteiger partial charge on any atom is -0.449 e. The lowest BCUT2D eigenvalue weighted by atomic mass is 9.99. The summed E-state index contributed by atoms with van der Waals surface area (Å²) < 4.78 is 5.52. The highest BCUT2D eigenvalue weighted by molar-refractivity contribution is 6.02. The molecular weight excluding hydrogens is 552 g/mol. The zero-order chi connectivity index (χ0) is 31.7. The molecule has 0 bridgehead atoms. The number of ether oxygens (including phenoxy) is 1. The molecule has 234 valence electrons. The highest BCUT2D eigenvalue weighted by Crippen LogP contribution is 2.23. The molecule has 0 aliphatic heterocycles. The van der Waals surface area contributed by atoms with E-state index in [2.05, 4.69) is 28.1 Å². The van der Waals surface area contributed by atoms with Gasteiger partial charge in [-0.2, -0.15) is 0 Å². The summed E-state index contributed by atoms with van der Waals surface area (Å²) in [7, 11) is 1.58. The standard InChI is InChI=1S/C36H46N4O4/c1-25(27-14-10-7-11-15-27)38-33(41)28-21-29(23-32(22-28)40(5)35(43)44-24-36(2,3)4)34(42)39-31(18-19-37-30-16-17-30)20-26-12-8-6-9-13-26/h6-15,21-23,25,30-31,37H,16-20,24H2,1-5H3,(H,38,41)(H,39,42)/t25-,31-/m1/s1. The average Bonchev–Trinajstić information content (AvgIpc) is 3.84. The van der Waals surface area contributed by atoms with Gasteiger partial charge in [0.05, 0.1) is 12.6 Å². The second kappa shape index (κ2) is 15.0. The van der Waals surface area contributed by atoms with E-state index in [1.807, 2.05) is 76.2 Å². The van der Waals surface area contributed by atoms with Crippen molar-refractivity contribution in [1.29, 1.82) is 0 Å². The molecule has 1 fully saturated rings. The molecule has 1 aliphatic carbocycles. The SMILES string of the molecule is C[C@@H](NC(=O)c1cc(C(=O)N[C@H](CCNC2CC2)Cc2ccccc2)cc(N(C)C(=O)OCC(C)(C)C)c1)c1ccccc1. The Morgan fingerprint density at radius 3 is 2.07 bits per heavy atom. The first-order valence-electron chi connectivity index (χ1n) is 15.5. The van der Waals surface area contributed by atoms with Crippen LogP contribution in [-0.4, -0.2) is 50.2 Å². The van der Waals surface area contributed by atoms with Gasteiger partial charge < -0.3 is 20.7 Å². The third kappa shape index (κ3) is 10.2. The van der Waals surface area contributed by atoms with E-state index in [4.69, 9.17) is 4.74 Å². The second-order valence-corrected chi connectivity index (χ2v) is 12.9. The molecule has 0 unspecified atom stereocenters. The van der Waals surface area contributed by atoms with Crippen LogP contribution in [0.2, 0.25) is 0 Å². The van der Waals surface area contributed by atoms with E-state index < -0.39 is 6.09 Å². The largest absolute Gasteiger partial charge is 0.449 e. The average molecular weight is 599 g/mol. The van der Waals surface area contributed by atoms with Crippen molar-refractivity contribution in [2.75, 3.05) is 25.1 Å². The first-order chi connectivity index (χ1) is 21.0. The van der Waals surface area contributed by atoms with Gasteiger partial charge in [-0.25, -0.2) is 4.79 Å². The third-order valence-electron chi connectivity index (χ3n) is 7.54. The number of rotatable bonds is 13. The van der Waals surface area contributed by atoms with Gasteiger partial charge in [-0.05, 0) is 73.9 Å². The second-order valence-electron chi connectivity index (χ2n) is 12.9. The van der Waals surface area contributed by atoms with Crippen LogP contribution in [0.15, 0.2) is 78.9 Å². The molecule has 3 aromatic rings. The molecule has 0 spiro atoms. The zero-order valence-electron chi connectivity index (χ0n) is 26.6. The molecule has 0 aromatic heterocycles. The van der Waals surface area contributed by atoms with E-state index in [0.29, 0.717) is 23.7 Å². The first-order valence-corrected chi connectivity index (χ1v) is 15.5. The first kappa shape index (κ1) is 32.7. The predicted molar refractivity (Wildman–Crippen MR) is 175 cm³/mol. The monoisotopic (exact) mass is 598 g/mol. The van der Waals surface area contributed by atoms with Gasteiger partial charge in [-0.1, -0.05) is 81.4 Å². The lowest BCUT2D eigenvalue weighted by molar-refractivity contribution is 0.0934. The van der Waals surface area contributed by atoms with Crippen LogP contribution in [0.25, 0.3) is 0 Å². The summed E-state index contributed by atoms with van der Waals surface area (Å²) in [6.45, 7) is 8.88. The van der Waals surface area contributed by atoms with Gasteiger partial charge in [0.15, 0.2) is 0 Å². The van der Waals surface area contributed by atoms with Crippen LogP contribution < -0.4 is 20.9 Å². The van der Waals surface area contributed by atoms with Crippen LogP contribution in [0, 0.1) is 5.41 Å². The number of benzene rings is 3. The highest BCUT2D eigenvalue weighted by Gasteiger charge is 2.24. The molecular formula is C36H46N4O4. The van der Waals surface area contributed by atoms with Crippen LogP contribution in [0.3, 0.4) is 0 Å². The molecule has 2 atom stereocenters. The Hall–Kier alpha value is -4.17. The van der Waals surface area contributed by atoms with E-state index in [1.54, 1.807) is 25.2 Å². The molecule has 8 nitrogen and oxygen atoms in total. The molecule has 1 saturated carbocycles. The number of carbonyl (C=O) groups is 3. The molecule has 8 heteroatoms. The summed E-state index contributed by atoms with van der Waals surface area (Å²) in [4.78, 5) is 41.6. The van der Waals surface area contributed by atoms with Gasteiger partial charge in [0.1, 0.15) is 0 Å². The summed E-state index contributed by atoms with van der Waals surface area (Å²) >= 11 is 0. The molecule has 44 heavy (non-hydrogen) atoms. The number of amides is 3. The number of nitrogens with one attached hydrogen (secondary N) is 3. The van der Waals surface area contributed by atoms with E-state index in [9.17, 15) is 14.4 Å². The van der Waals surface area contributed by atoms with E-state index in [1.165, 1.54) is 17.7 Å². The molecule has 1 aliphatic rings. The van der Waals surface area contributed by atoms with Gasteiger partial charge in [0, 0.05) is 35.9 Å². The Balaban J connectivity index is 1.58. The van der Waals surface area contributed by atoms with E-state index in [-0.39, 0.29) is 41.5 Å². The molecule has 0 heterocycles. The maximum Gasteiger partial charge on any atom is 0.414 e. The van der Waals surface area contributed by atoms with Crippen LogP contribution in [0.4, 0.5) is 10.5 Å². The van der Waals surface area contributed by atoms with E-state index >= 15 is 0 Å². The Bertz CT molecular complexity index is 1400. The fourth-order valence-corrected chi connectivity index (χ4v) is 4.79. The summed E-state index contributed by atoms with van der Waals surface area (Å²) in [5.41, 5.74) is 2.85. The quantitative estimate of drug-likeness (QED) is 0.215. The van der Waals surface area contributed by atoms with Crippen molar-refractivity contribution in [1.82, 2.24) is 16.0 Å². The maximum absolute atomic E-state index is 13.8. The van der Waals surface area contributed by atoms with Crippen LogP contribution in [-0.2, 0) is 11.2 Å². The van der Waals surface area contributed by atoms with Crippen molar-refractivity contribution < 1.29 is 19.1 Å². The smallest absolute Gasteiger partial charge is 0.414 e. The van der Waals surface area contributed by atoms with Crippen molar-refractivity contribution in [3.63, 3.8) is 0 Å². The van der Waals surface area contributed by atoms with Crippen molar-refractivity contribution >= 4 is 23.6 Å². The zero-order valence-corrected chi connectivity index (χ0v) is 26.6. The van der Waals surface area contributed by atoms with Gasteiger partial charge in [-0.3, -0.25) is 14.5 Å². The number of hydrogen-bond acceptors (Lipinski definition) is 5. The van der Waals surface area contributed by atoms with Gasteiger partial charge >= 0.3 is 6.09 Å². The molecule has 4 rings (SSSR count). The van der Waals surface area contributed by atoms with Gasteiger partial charge in [0.2, 0.25) is 0 Å². The molecule has 0 radical (unpaired) electrons. The predicted octanol–water partition coefficient (Wildman–Crippen LogP) is 6.28. The molecule has 3 amide bonds. The maximum atomic E-state index is 13.8. The summed E-state index contributed by atoms with van der Waals surface area (Å²) in [5, 5.41) is 9.77. The Morgan fingerprint density at radius 1 is 0.886 bits per heavy atom. The fraction of sp³-hybridized carbons (Fsp3) is 0.417. The Labute approximate surface area is 261 Å². The summed E-state index contributed by atoms with van der Waals surface area (Å²) in [6, 6.07) is 24.8.